The summed E-state index contributed by atoms with van der Waals surface area (Å²) in [5, 5.41) is 3.83. The maximum atomic E-state index is 12.8. The lowest BCUT2D eigenvalue weighted by atomic mass is 9.93. The van der Waals surface area contributed by atoms with E-state index < -0.39 is 0 Å². The molecule has 0 aromatic carbocycles. The van der Waals surface area contributed by atoms with Gasteiger partial charge < -0.3 is 14.5 Å². The molecule has 0 N–H and O–H groups in total. The summed E-state index contributed by atoms with van der Waals surface area (Å²) >= 11 is 1.54. The van der Waals surface area contributed by atoms with Gasteiger partial charge in [0, 0.05) is 57.0 Å². The minimum atomic E-state index is -0.171. The predicted molar refractivity (Wildman–Crippen MR) is 114 cm³/mol. The predicted octanol–water partition coefficient (Wildman–Crippen LogP) is 2.53. The molecule has 1 saturated heterocycles. The highest BCUT2D eigenvalue weighted by Gasteiger charge is 2.27. The fourth-order valence-corrected chi connectivity index (χ4v) is 4.49. The summed E-state index contributed by atoms with van der Waals surface area (Å²) in [6.45, 7) is 2.38. The zero-order chi connectivity index (χ0) is 21.1. The number of hydrogen-bond donors (Lipinski definition) is 0. The third kappa shape index (κ3) is 3.95. The van der Waals surface area contributed by atoms with Crippen LogP contribution in [0.5, 0.6) is 0 Å². The van der Waals surface area contributed by atoms with Crippen molar-refractivity contribution in [3.8, 4) is 0 Å². The number of aromatic nitrogens is 3. The number of carbonyl (C=O) groups excluding carboxylic acids is 2. The van der Waals surface area contributed by atoms with Crippen molar-refractivity contribution in [2.75, 3.05) is 40.4 Å². The van der Waals surface area contributed by atoms with Gasteiger partial charge in [0.15, 0.2) is 11.3 Å². The average molecular weight is 428 g/mol. The van der Waals surface area contributed by atoms with E-state index in [-0.39, 0.29) is 17.7 Å². The number of fused-ring (bicyclic) bond motifs is 1. The molecule has 0 radical (unpaired) electrons. The van der Waals surface area contributed by atoms with Crippen LogP contribution >= 0.6 is 11.3 Å². The van der Waals surface area contributed by atoms with Crippen LogP contribution in [0, 0.1) is 0 Å². The Hall–Kier alpha value is -2.78. The summed E-state index contributed by atoms with van der Waals surface area (Å²) in [6, 6.07) is 3.86. The number of carbonyl (C=O) groups is 2. The number of likely N-dealkylation sites (N-methyl/N-ethyl adjacent to an activating group) is 1. The van der Waals surface area contributed by atoms with Crippen molar-refractivity contribution in [1.82, 2.24) is 24.2 Å². The maximum absolute atomic E-state index is 12.8. The highest BCUT2D eigenvalue weighted by atomic mass is 32.1. The number of imidazole rings is 1. The van der Waals surface area contributed by atoms with E-state index in [1.54, 1.807) is 31.6 Å². The number of likely N-dealkylation sites (tertiary alicyclic amines) is 1. The van der Waals surface area contributed by atoms with Crippen LogP contribution in [0.1, 0.15) is 45.3 Å². The fourth-order valence-electron chi connectivity index (χ4n) is 3.86. The Bertz CT molecular complexity index is 1020. The number of piperidine rings is 1. The Morgan fingerprint density at radius 2 is 2.07 bits per heavy atom. The van der Waals surface area contributed by atoms with Gasteiger partial charge in [-0.25, -0.2) is 9.97 Å². The Morgan fingerprint density at radius 3 is 2.77 bits per heavy atom. The molecule has 0 aliphatic carbocycles. The van der Waals surface area contributed by atoms with Crippen LogP contribution in [0.3, 0.4) is 0 Å². The van der Waals surface area contributed by atoms with Crippen LogP contribution < -0.4 is 0 Å². The van der Waals surface area contributed by atoms with Gasteiger partial charge in [-0.15, -0.1) is 0 Å². The smallest absolute Gasteiger partial charge is 0.276 e. The second kappa shape index (κ2) is 8.93. The summed E-state index contributed by atoms with van der Waals surface area (Å²) in [4.78, 5) is 37.6. The van der Waals surface area contributed by atoms with E-state index in [2.05, 4.69) is 9.97 Å². The highest BCUT2D eigenvalue weighted by Crippen LogP contribution is 2.29. The first-order valence-electron chi connectivity index (χ1n) is 9.98. The van der Waals surface area contributed by atoms with Gasteiger partial charge in [0.2, 0.25) is 0 Å². The normalized spacial score (nSPS) is 14.9. The van der Waals surface area contributed by atoms with Crippen molar-refractivity contribution in [1.29, 1.82) is 0 Å². The molecule has 9 heteroatoms. The van der Waals surface area contributed by atoms with Gasteiger partial charge in [0.05, 0.1) is 12.2 Å². The number of thiophene rings is 1. The number of amides is 2. The van der Waals surface area contributed by atoms with E-state index >= 15 is 0 Å². The minimum Gasteiger partial charge on any atom is -0.383 e. The molecule has 2 amide bonds. The van der Waals surface area contributed by atoms with E-state index in [1.807, 2.05) is 32.2 Å². The first-order valence-corrected chi connectivity index (χ1v) is 10.9. The number of rotatable bonds is 6. The topological polar surface area (TPSA) is 80.0 Å². The quantitative estimate of drug-likeness (QED) is 0.604. The Balaban J connectivity index is 1.50. The standard InChI is InChI=1S/C21H25N5O3S/c1-24(10-11-29-2)21(28)18-19-22-7-3-17(26(19)14-23-18)15-4-8-25(9-5-15)20(27)16-6-12-30-13-16/h3,6-7,12-15H,4-5,8-11H2,1-2H3. The molecule has 158 valence electrons. The molecule has 3 aromatic rings. The summed E-state index contributed by atoms with van der Waals surface area (Å²) in [5.41, 5.74) is 2.76. The minimum absolute atomic E-state index is 0.101. The maximum Gasteiger partial charge on any atom is 0.276 e. The molecule has 3 aromatic heterocycles. The molecule has 0 bridgehead atoms. The summed E-state index contributed by atoms with van der Waals surface area (Å²) in [5.74, 6) is 0.213. The van der Waals surface area contributed by atoms with Crippen LogP contribution in [0.15, 0.2) is 35.4 Å². The second-order valence-electron chi connectivity index (χ2n) is 7.45. The van der Waals surface area contributed by atoms with Gasteiger partial charge in [-0.2, -0.15) is 11.3 Å². The number of hydrogen-bond acceptors (Lipinski definition) is 6. The van der Waals surface area contributed by atoms with Crippen molar-refractivity contribution in [3.63, 3.8) is 0 Å². The molecule has 1 fully saturated rings. The average Bonchev–Trinajstić information content (AvgIpc) is 3.46. The first kappa shape index (κ1) is 20.5. The van der Waals surface area contributed by atoms with Gasteiger partial charge in [0.1, 0.15) is 6.33 Å². The molecule has 8 nitrogen and oxygen atoms in total. The number of methoxy groups -OCH3 is 1. The molecule has 4 rings (SSSR count). The first-order chi connectivity index (χ1) is 14.6. The summed E-state index contributed by atoms with van der Waals surface area (Å²) in [6.07, 6.45) is 5.15. The molecule has 0 saturated carbocycles. The highest BCUT2D eigenvalue weighted by molar-refractivity contribution is 7.08. The van der Waals surface area contributed by atoms with Crippen LogP contribution in [0.2, 0.25) is 0 Å². The van der Waals surface area contributed by atoms with Gasteiger partial charge in [-0.3, -0.25) is 14.0 Å². The van der Waals surface area contributed by atoms with E-state index in [4.69, 9.17) is 4.74 Å². The van der Waals surface area contributed by atoms with Crippen LogP contribution in [-0.4, -0.2) is 76.4 Å². The lowest BCUT2D eigenvalue weighted by Crippen LogP contribution is -2.38. The zero-order valence-corrected chi connectivity index (χ0v) is 18.0. The second-order valence-corrected chi connectivity index (χ2v) is 8.23. The molecule has 4 heterocycles. The molecule has 1 aliphatic heterocycles. The third-order valence-corrected chi connectivity index (χ3v) is 6.29. The molecule has 0 unspecified atom stereocenters. The van der Waals surface area contributed by atoms with E-state index in [0.717, 1.165) is 24.1 Å². The third-order valence-electron chi connectivity index (χ3n) is 5.61. The lowest BCUT2D eigenvalue weighted by molar-refractivity contribution is 0.0710. The van der Waals surface area contributed by atoms with Gasteiger partial charge >= 0.3 is 0 Å². The molecular weight excluding hydrogens is 402 g/mol. The van der Waals surface area contributed by atoms with Crippen molar-refractivity contribution < 1.29 is 14.3 Å². The van der Waals surface area contributed by atoms with Gasteiger partial charge in [0.25, 0.3) is 11.8 Å². The monoisotopic (exact) mass is 427 g/mol. The Morgan fingerprint density at radius 1 is 1.27 bits per heavy atom. The Kier molecular flexibility index (Phi) is 6.10. The largest absolute Gasteiger partial charge is 0.383 e. The lowest BCUT2D eigenvalue weighted by Gasteiger charge is -2.32. The molecular formula is C21H25N5O3S. The molecule has 30 heavy (non-hydrogen) atoms. The SMILES string of the molecule is COCCN(C)C(=O)c1ncn2c(C3CCN(C(=O)c4ccsc4)CC3)ccnc12. The van der Waals surface area contributed by atoms with Crippen molar-refractivity contribution in [2.24, 2.45) is 0 Å². The van der Waals surface area contributed by atoms with Gasteiger partial charge in [-0.1, -0.05) is 0 Å². The van der Waals surface area contributed by atoms with Gasteiger partial charge in [-0.05, 0) is 30.4 Å². The number of ether oxygens (including phenoxy) is 1. The van der Waals surface area contributed by atoms with E-state index in [9.17, 15) is 9.59 Å². The number of nitrogens with zero attached hydrogens (tertiary/aromatic N) is 5. The van der Waals surface area contributed by atoms with E-state index in [1.165, 1.54) is 11.3 Å². The Labute approximate surface area is 179 Å². The van der Waals surface area contributed by atoms with Crippen LogP contribution in [0.25, 0.3) is 5.65 Å². The summed E-state index contributed by atoms with van der Waals surface area (Å²) in [7, 11) is 3.34. The summed E-state index contributed by atoms with van der Waals surface area (Å²) < 4.78 is 6.97. The zero-order valence-electron chi connectivity index (χ0n) is 17.2. The molecule has 0 spiro atoms. The molecule has 1 aliphatic rings. The van der Waals surface area contributed by atoms with Crippen molar-refractivity contribution >= 4 is 28.8 Å². The van der Waals surface area contributed by atoms with E-state index in [0.29, 0.717) is 37.6 Å². The van der Waals surface area contributed by atoms with Crippen molar-refractivity contribution in [3.05, 3.63) is 52.4 Å². The van der Waals surface area contributed by atoms with Crippen LogP contribution in [0.4, 0.5) is 0 Å². The van der Waals surface area contributed by atoms with Crippen LogP contribution in [-0.2, 0) is 4.74 Å². The fraction of sp³-hybridized carbons (Fsp3) is 0.429. The molecule has 0 atom stereocenters. The van der Waals surface area contributed by atoms with Crippen molar-refractivity contribution in [2.45, 2.75) is 18.8 Å².